The Labute approximate surface area is 126 Å². The van der Waals surface area contributed by atoms with Gasteiger partial charge in [0.05, 0.1) is 6.10 Å². The van der Waals surface area contributed by atoms with Gasteiger partial charge in [0.1, 0.15) is 5.75 Å². The molecule has 1 heterocycles. The van der Waals surface area contributed by atoms with Crippen molar-refractivity contribution in [3.8, 4) is 5.75 Å². The summed E-state index contributed by atoms with van der Waals surface area (Å²) in [6.45, 7) is 7.02. The number of hydrogen-bond donors (Lipinski definition) is 1. The van der Waals surface area contributed by atoms with E-state index in [4.69, 9.17) is 4.74 Å². The van der Waals surface area contributed by atoms with Gasteiger partial charge in [0.15, 0.2) is 0 Å². The van der Waals surface area contributed by atoms with E-state index in [-0.39, 0.29) is 6.10 Å². The van der Waals surface area contributed by atoms with Crippen LogP contribution in [0.3, 0.4) is 0 Å². The third kappa shape index (κ3) is 4.25. The highest BCUT2D eigenvalue weighted by Crippen LogP contribution is 2.24. The normalized spacial score (nSPS) is 10.8. The van der Waals surface area contributed by atoms with Crippen LogP contribution in [0.15, 0.2) is 34.1 Å². The third-order valence-corrected chi connectivity index (χ3v) is 4.34. The highest BCUT2D eigenvalue weighted by molar-refractivity contribution is 9.10. The Morgan fingerprint density at radius 2 is 2.11 bits per heavy atom. The lowest BCUT2D eigenvalue weighted by atomic mass is 10.2. The Bertz CT molecular complexity index is 551. The molecule has 0 aliphatic rings. The smallest absolute Gasteiger partial charge is 0.120 e. The van der Waals surface area contributed by atoms with Crippen molar-refractivity contribution in [2.45, 2.75) is 33.4 Å². The summed E-state index contributed by atoms with van der Waals surface area (Å²) in [5.41, 5.74) is 2.36. The first-order valence-corrected chi connectivity index (χ1v) is 7.96. The van der Waals surface area contributed by atoms with Gasteiger partial charge in [-0.15, -0.1) is 11.3 Å². The van der Waals surface area contributed by atoms with Gasteiger partial charge in [0.2, 0.25) is 0 Å². The fraction of sp³-hybridized carbons (Fsp3) is 0.333. The minimum absolute atomic E-state index is 0.210. The second-order valence-corrected chi connectivity index (χ2v) is 6.64. The molecule has 0 radical (unpaired) electrons. The molecule has 0 aliphatic carbocycles. The van der Waals surface area contributed by atoms with Crippen molar-refractivity contribution in [2.24, 2.45) is 0 Å². The molecule has 0 saturated carbocycles. The van der Waals surface area contributed by atoms with Gasteiger partial charge in [0, 0.05) is 27.0 Å². The first kappa shape index (κ1) is 14.4. The Morgan fingerprint density at radius 1 is 1.32 bits per heavy atom. The van der Waals surface area contributed by atoms with Gasteiger partial charge in [-0.1, -0.05) is 0 Å². The molecule has 2 rings (SSSR count). The third-order valence-electron chi connectivity index (χ3n) is 2.64. The number of thiophene rings is 1. The molecular weight excluding hydrogens is 322 g/mol. The minimum Gasteiger partial charge on any atom is -0.491 e. The SMILES string of the molecule is Cc1cc(OC(C)C)ccc1NCc1cc(Br)cs1. The molecule has 0 spiro atoms. The Kier molecular flexibility index (Phi) is 4.88. The second kappa shape index (κ2) is 6.44. The lowest BCUT2D eigenvalue weighted by Crippen LogP contribution is -2.06. The number of halogens is 1. The summed E-state index contributed by atoms with van der Waals surface area (Å²) in [6, 6.07) is 8.31. The molecule has 2 nitrogen and oxygen atoms in total. The second-order valence-electron chi connectivity index (χ2n) is 4.73. The van der Waals surface area contributed by atoms with Gasteiger partial charge in [-0.25, -0.2) is 0 Å². The van der Waals surface area contributed by atoms with E-state index in [0.29, 0.717) is 0 Å². The lowest BCUT2D eigenvalue weighted by molar-refractivity contribution is 0.242. The van der Waals surface area contributed by atoms with Crippen molar-refractivity contribution < 1.29 is 4.74 Å². The number of aryl methyl sites for hydroxylation is 1. The van der Waals surface area contributed by atoms with Crippen molar-refractivity contribution in [1.82, 2.24) is 0 Å². The molecule has 1 aromatic carbocycles. The zero-order valence-electron chi connectivity index (χ0n) is 11.4. The maximum absolute atomic E-state index is 5.68. The molecule has 2 aromatic rings. The van der Waals surface area contributed by atoms with Gasteiger partial charge in [-0.05, 0) is 66.5 Å². The molecule has 0 amide bonds. The van der Waals surface area contributed by atoms with Crippen LogP contribution >= 0.6 is 27.3 Å². The van der Waals surface area contributed by atoms with Crippen LogP contribution in [0.1, 0.15) is 24.3 Å². The lowest BCUT2D eigenvalue weighted by Gasteiger charge is -2.13. The molecule has 0 fully saturated rings. The molecule has 102 valence electrons. The van der Waals surface area contributed by atoms with E-state index >= 15 is 0 Å². The average molecular weight is 340 g/mol. The van der Waals surface area contributed by atoms with Crippen LogP contribution in [0.5, 0.6) is 5.75 Å². The number of rotatable bonds is 5. The van der Waals surface area contributed by atoms with Crippen molar-refractivity contribution in [2.75, 3.05) is 5.32 Å². The summed E-state index contributed by atoms with van der Waals surface area (Å²) in [5, 5.41) is 5.56. The number of benzene rings is 1. The molecule has 0 aliphatic heterocycles. The first-order valence-electron chi connectivity index (χ1n) is 6.28. The van der Waals surface area contributed by atoms with Crippen LogP contribution in [0, 0.1) is 6.92 Å². The number of ether oxygens (including phenoxy) is 1. The summed E-state index contributed by atoms with van der Waals surface area (Å²) in [5.74, 6) is 0.928. The van der Waals surface area contributed by atoms with Crippen molar-refractivity contribution in [3.63, 3.8) is 0 Å². The molecule has 19 heavy (non-hydrogen) atoms. The van der Waals surface area contributed by atoms with E-state index in [2.05, 4.69) is 51.7 Å². The van der Waals surface area contributed by atoms with Crippen LogP contribution in [0.4, 0.5) is 5.69 Å². The van der Waals surface area contributed by atoms with Crippen LogP contribution in [-0.4, -0.2) is 6.10 Å². The predicted molar refractivity (Wildman–Crippen MR) is 86.3 cm³/mol. The molecule has 1 N–H and O–H groups in total. The molecule has 1 aromatic heterocycles. The van der Waals surface area contributed by atoms with E-state index in [9.17, 15) is 0 Å². The minimum atomic E-state index is 0.210. The maximum Gasteiger partial charge on any atom is 0.120 e. The molecule has 0 bridgehead atoms. The summed E-state index contributed by atoms with van der Waals surface area (Å²) < 4.78 is 6.83. The fourth-order valence-electron chi connectivity index (χ4n) is 1.81. The molecular formula is C15H18BrNOS. The molecule has 0 unspecified atom stereocenters. The Balaban J connectivity index is 2.00. The number of hydrogen-bond acceptors (Lipinski definition) is 3. The molecule has 0 atom stereocenters. The van der Waals surface area contributed by atoms with E-state index < -0.39 is 0 Å². The van der Waals surface area contributed by atoms with Crippen molar-refractivity contribution in [3.05, 3.63) is 44.6 Å². The topological polar surface area (TPSA) is 21.3 Å². The van der Waals surface area contributed by atoms with Gasteiger partial charge in [0.25, 0.3) is 0 Å². The largest absolute Gasteiger partial charge is 0.491 e. The van der Waals surface area contributed by atoms with Crippen LogP contribution in [0.2, 0.25) is 0 Å². The average Bonchev–Trinajstić information content (AvgIpc) is 2.73. The van der Waals surface area contributed by atoms with Gasteiger partial charge >= 0.3 is 0 Å². The first-order chi connectivity index (χ1) is 9.04. The summed E-state index contributed by atoms with van der Waals surface area (Å²) in [7, 11) is 0. The monoisotopic (exact) mass is 339 g/mol. The standard InChI is InChI=1S/C15H18BrNOS/c1-10(2)18-13-4-5-15(11(3)6-13)17-8-14-7-12(16)9-19-14/h4-7,9-10,17H,8H2,1-3H3. The zero-order valence-corrected chi connectivity index (χ0v) is 13.8. The summed E-state index contributed by atoms with van der Waals surface area (Å²) in [4.78, 5) is 1.31. The molecule has 4 heteroatoms. The van der Waals surface area contributed by atoms with Crippen molar-refractivity contribution >= 4 is 33.0 Å². The van der Waals surface area contributed by atoms with Crippen molar-refractivity contribution in [1.29, 1.82) is 0 Å². The number of anilines is 1. The van der Waals surface area contributed by atoms with Gasteiger partial charge in [-0.2, -0.15) is 0 Å². The van der Waals surface area contributed by atoms with Gasteiger partial charge in [-0.3, -0.25) is 0 Å². The van der Waals surface area contributed by atoms with E-state index in [1.807, 2.05) is 19.9 Å². The molecule has 0 saturated heterocycles. The number of nitrogens with one attached hydrogen (secondary N) is 1. The predicted octanol–water partition coefficient (Wildman–Crippen LogP) is 5.22. The Morgan fingerprint density at radius 3 is 2.68 bits per heavy atom. The summed E-state index contributed by atoms with van der Waals surface area (Å²) in [6.07, 6.45) is 0.210. The van der Waals surface area contributed by atoms with E-state index in [0.717, 1.165) is 22.5 Å². The Hall–Kier alpha value is -1.000. The maximum atomic E-state index is 5.68. The highest BCUT2D eigenvalue weighted by atomic mass is 79.9. The zero-order chi connectivity index (χ0) is 13.8. The summed E-state index contributed by atoms with van der Waals surface area (Å²) >= 11 is 5.22. The van der Waals surface area contributed by atoms with E-state index in [1.54, 1.807) is 11.3 Å². The quantitative estimate of drug-likeness (QED) is 0.806. The van der Waals surface area contributed by atoms with Crippen LogP contribution in [-0.2, 0) is 6.54 Å². The van der Waals surface area contributed by atoms with E-state index in [1.165, 1.54) is 10.4 Å². The van der Waals surface area contributed by atoms with Crippen LogP contribution in [0.25, 0.3) is 0 Å². The van der Waals surface area contributed by atoms with Crippen LogP contribution < -0.4 is 10.1 Å². The fourth-order valence-corrected chi connectivity index (χ4v) is 3.20. The highest BCUT2D eigenvalue weighted by Gasteiger charge is 2.03. The van der Waals surface area contributed by atoms with Gasteiger partial charge < -0.3 is 10.1 Å².